The SMILES string of the molecule is CC(C)CNC(=O)C(C)OC(=O)c1ccc(N)cc1N. The zero-order valence-electron chi connectivity index (χ0n) is 12.0. The summed E-state index contributed by atoms with van der Waals surface area (Å²) in [6.07, 6.45) is -0.877. The molecule has 1 atom stereocenters. The van der Waals surface area contributed by atoms with Gasteiger partial charge in [0.15, 0.2) is 6.10 Å². The molecule has 0 spiro atoms. The van der Waals surface area contributed by atoms with Crippen LogP contribution in [0.4, 0.5) is 11.4 Å². The number of ether oxygens (including phenoxy) is 1. The van der Waals surface area contributed by atoms with Gasteiger partial charge in [0.25, 0.3) is 5.91 Å². The van der Waals surface area contributed by atoms with Gasteiger partial charge in [-0.3, -0.25) is 4.79 Å². The molecule has 6 heteroatoms. The average molecular weight is 279 g/mol. The molecule has 0 aliphatic heterocycles. The Labute approximate surface area is 118 Å². The van der Waals surface area contributed by atoms with Gasteiger partial charge in [-0.15, -0.1) is 0 Å². The maximum absolute atomic E-state index is 11.9. The van der Waals surface area contributed by atoms with Crippen LogP contribution in [0, 0.1) is 5.92 Å². The molecule has 20 heavy (non-hydrogen) atoms. The van der Waals surface area contributed by atoms with Crippen molar-refractivity contribution in [3.05, 3.63) is 23.8 Å². The minimum Gasteiger partial charge on any atom is -0.449 e. The zero-order valence-corrected chi connectivity index (χ0v) is 12.0. The number of nitrogens with two attached hydrogens (primary N) is 2. The Kier molecular flexibility index (Phi) is 5.37. The van der Waals surface area contributed by atoms with Gasteiger partial charge in [0.05, 0.1) is 5.56 Å². The number of anilines is 2. The van der Waals surface area contributed by atoms with E-state index in [9.17, 15) is 9.59 Å². The lowest BCUT2D eigenvalue weighted by molar-refractivity contribution is -0.129. The van der Waals surface area contributed by atoms with Crippen LogP contribution in [-0.2, 0) is 9.53 Å². The maximum atomic E-state index is 11.9. The molecule has 110 valence electrons. The number of nitrogen functional groups attached to an aromatic ring is 2. The second-order valence-electron chi connectivity index (χ2n) is 5.03. The molecule has 1 aromatic rings. The van der Waals surface area contributed by atoms with Crippen LogP contribution in [0.25, 0.3) is 0 Å². The maximum Gasteiger partial charge on any atom is 0.341 e. The number of rotatable bonds is 5. The highest BCUT2D eigenvalue weighted by Crippen LogP contribution is 2.17. The monoisotopic (exact) mass is 279 g/mol. The third-order valence-corrected chi connectivity index (χ3v) is 2.63. The molecular weight excluding hydrogens is 258 g/mol. The summed E-state index contributed by atoms with van der Waals surface area (Å²) >= 11 is 0. The minimum atomic E-state index is -0.877. The lowest BCUT2D eigenvalue weighted by Gasteiger charge is -2.15. The summed E-state index contributed by atoms with van der Waals surface area (Å²) in [5, 5.41) is 2.70. The molecule has 0 aliphatic rings. The normalized spacial score (nSPS) is 12.0. The van der Waals surface area contributed by atoms with E-state index in [1.807, 2.05) is 13.8 Å². The van der Waals surface area contributed by atoms with E-state index in [1.54, 1.807) is 6.07 Å². The van der Waals surface area contributed by atoms with Gasteiger partial charge in [-0.2, -0.15) is 0 Å². The Hall–Kier alpha value is -2.24. The molecule has 0 heterocycles. The third-order valence-electron chi connectivity index (χ3n) is 2.63. The first-order valence-corrected chi connectivity index (χ1v) is 6.45. The topological polar surface area (TPSA) is 107 Å². The summed E-state index contributed by atoms with van der Waals surface area (Å²) in [7, 11) is 0. The van der Waals surface area contributed by atoms with Gasteiger partial charge in [0, 0.05) is 17.9 Å². The molecule has 0 aliphatic carbocycles. The van der Waals surface area contributed by atoms with Gasteiger partial charge in [-0.05, 0) is 31.0 Å². The predicted octanol–water partition coefficient (Wildman–Crippen LogP) is 1.17. The fraction of sp³-hybridized carbons (Fsp3) is 0.429. The summed E-state index contributed by atoms with van der Waals surface area (Å²) in [4.78, 5) is 23.6. The molecule has 0 aromatic heterocycles. The highest BCUT2D eigenvalue weighted by molar-refractivity contribution is 5.97. The van der Waals surface area contributed by atoms with Crippen LogP contribution in [0.5, 0.6) is 0 Å². The Morgan fingerprint density at radius 3 is 2.45 bits per heavy atom. The van der Waals surface area contributed by atoms with Gasteiger partial charge in [0.1, 0.15) is 0 Å². The number of carbonyl (C=O) groups is 2. The van der Waals surface area contributed by atoms with Crippen LogP contribution >= 0.6 is 0 Å². The minimum absolute atomic E-state index is 0.197. The summed E-state index contributed by atoms with van der Waals surface area (Å²) in [5.74, 6) is -0.648. The summed E-state index contributed by atoms with van der Waals surface area (Å²) < 4.78 is 5.08. The Morgan fingerprint density at radius 2 is 1.90 bits per heavy atom. The molecule has 0 bridgehead atoms. The van der Waals surface area contributed by atoms with E-state index >= 15 is 0 Å². The van der Waals surface area contributed by atoms with Gasteiger partial charge in [-0.25, -0.2) is 4.79 Å². The number of esters is 1. The molecule has 0 fully saturated rings. The van der Waals surface area contributed by atoms with Crippen LogP contribution in [0.15, 0.2) is 18.2 Å². The molecule has 0 radical (unpaired) electrons. The standard InChI is InChI=1S/C14H21N3O3/c1-8(2)7-17-13(18)9(3)20-14(19)11-5-4-10(15)6-12(11)16/h4-6,8-9H,7,15-16H2,1-3H3,(H,17,18). The van der Waals surface area contributed by atoms with E-state index in [2.05, 4.69) is 5.32 Å². The third kappa shape index (κ3) is 4.46. The Bertz CT molecular complexity index is 500. The number of amides is 1. The second kappa shape index (κ2) is 6.79. The summed E-state index contributed by atoms with van der Waals surface area (Å²) in [5.41, 5.74) is 12.1. The Balaban J connectivity index is 2.63. The van der Waals surface area contributed by atoms with E-state index in [0.717, 1.165) is 0 Å². The van der Waals surface area contributed by atoms with Crippen molar-refractivity contribution in [2.75, 3.05) is 18.0 Å². The molecule has 6 nitrogen and oxygen atoms in total. The van der Waals surface area contributed by atoms with Gasteiger partial charge >= 0.3 is 5.97 Å². The largest absolute Gasteiger partial charge is 0.449 e. The fourth-order valence-corrected chi connectivity index (χ4v) is 1.49. The van der Waals surface area contributed by atoms with Crippen LogP contribution in [0.2, 0.25) is 0 Å². The van der Waals surface area contributed by atoms with Gasteiger partial charge < -0.3 is 21.5 Å². The van der Waals surface area contributed by atoms with Crippen LogP contribution in [0.1, 0.15) is 31.1 Å². The smallest absolute Gasteiger partial charge is 0.341 e. The number of carbonyl (C=O) groups excluding carboxylic acids is 2. The first kappa shape index (κ1) is 15.8. The van der Waals surface area contributed by atoms with E-state index < -0.39 is 12.1 Å². The van der Waals surface area contributed by atoms with E-state index in [-0.39, 0.29) is 17.2 Å². The molecule has 5 N–H and O–H groups in total. The van der Waals surface area contributed by atoms with Crippen molar-refractivity contribution < 1.29 is 14.3 Å². The van der Waals surface area contributed by atoms with E-state index in [1.165, 1.54) is 19.1 Å². The fourth-order valence-electron chi connectivity index (χ4n) is 1.49. The van der Waals surface area contributed by atoms with E-state index in [0.29, 0.717) is 18.2 Å². The molecule has 1 aromatic carbocycles. The number of hydrogen-bond donors (Lipinski definition) is 3. The molecule has 1 amide bonds. The molecule has 1 rings (SSSR count). The van der Waals surface area contributed by atoms with E-state index in [4.69, 9.17) is 16.2 Å². The molecule has 1 unspecified atom stereocenters. The average Bonchev–Trinajstić information content (AvgIpc) is 2.35. The first-order valence-electron chi connectivity index (χ1n) is 6.45. The van der Waals surface area contributed by atoms with Crippen LogP contribution in [0.3, 0.4) is 0 Å². The quantitative estimate of drug-likeness (QED) is 0.554. The van der Waals surface area contributed by atoms with Gasteiger partial charge in [-0.1, -0.05) is 13.8 Å². The molecule has 0 saturated carbocycles. The van der Waals surface area contributed by atoms with Crippen molar-refractivity contribution in [2.24, 2.45) is 5.92 Å². The number of hydrogen-bond acceptors (Lipinski definition) is 5. The van der Waals surface area contributed by atoms with Crippen LogP contribution < -0.4 is 16.8 Å². The predicted molar refractivity (Wildman–Crippen MR) is 78.0 cm³/mol. The highest BCUT2D eigenvalue weighted by atomic mass is 16.5. The Morgan fingerprint density at radius 1 is 1.25 bits per heavy atom. The van der Waals surface area contributed by atoms with Crippen LogP contribution in [-0.4, -0.2) is 24.5 Å². The second-order valence-corrected chi connectivity index (χ2v) is 5.03. The lowest BCUT2D eigenvalue weighted by Crippen LogP contribution is -2.37. The molecule has 0 saturated heterocycles. The van der Waals surface area contributed by atoms with Crippen molar-refractivity contribution in [2.45, 2.75) is 26.9 Å². The molecular formula is C14H21N3O3. The van der Waals surface area contributed by atoms with Crippen molar-refractivity contribution >= 4 is 23.3 Å². The van der Waals surface area contributed by atoms with Crippen molar-refractivity contribution in [1.82, 2.24) is 5.32 Å². The van der Waals surface area contributed by atoms with Gasteiger partial charge in [0.2, 0.25) is 0 Å². The zero-order chi connectivity index (χ0) is 15.3. The summed E-state index contributed by atoms with van der Waals surface area (Å²) in [6, 6.07) is 4.50. The highest BCUT2D eigenvalue weighted by Gasteiger charge is 2.20. The van der Waals surface area contributed by atoms with Crippen molar-refractivity contribution in [3.8, 4) is 0 Å². The first-order chi connectivity index (χ1) is 9.31. The number of benzene rings is 1. The lowest BCUT2D eigenvalue weighted by atomic mass is 10.1. The number of nitrogens with one attached hydrogen (secondary N) is 1. The summed E-state index contributed by atoms with van der Waals surface area (Å²) in [6.45, 7) is 6.00. The van der Waals surface area contributed by atoms with Crippen molar-refractivity contribution in [1.29, 1.82) is 0 Å². The van der Waals surface area contributed by atoms with Crippen molar-refractivity contribution in [3.63, 3.8) is 0 Å².